The van der Waals surface area contributed by atoms with Gasteiger partial charge < -0.3 is 10.6 Å². The third-order valence-electron chi connectivity index (χ3n) is 3.76. The molecule has 100 valence electrons. The number of carbonyl (C=O) groups excluding carboxylic acids is 1. The van der Waals surface area contributed by atoms with Gasteiger partial charge in [0.1, 0.15) is 0 Å². The number of amides is 1. The first kappa shape index (κ1) is 13.6. The molecule has 2 atom stereocenters. The highest BCUT2D eigenvalue weighted by atomic mass is 32.1. The smallest absolute Gasteiger partial charge is 0.222 e. The number of piperidine rings is 1. The topological polar surface area (TPSA) is 46.3 Å². The van der Waals surface area contributed by atoms with E-state index in [4.69, 9.17) is 5.73 Å². The molecule has 1 aliphatic heterocycles. The highest BCUT2D eigenvalue weighted by Gasteiger charge is 2.25. The van der Waals surface area contributed by atoms with E-state index in [2.05, 4.69) is 16.8 Å². The Morgan fingerprint density at radius 2 is 2.50 bits per heavy atom. The Kier molecular flexibility index (Phi) is 4.78. The van der Waals surface area contributed by atoms with Crippen molar-refractivity contribution in [2.45, 2.75) is 38.6 Å². The largest absolute Gasteiger partial charge is 0.342 e. The third-order valence-corrected chi connectivity index (χ3v) is 4.49. The fraction of sp³-hybridized carbons (Fsp3) is 0.643. The van der Waals surface area contributed by atoms with Crippen LogP contribution in [0.2, 0.25) is 0 Å². The number of nitrogens with two attached hydrogens (primary N) is 1. The van der Waals surface area contributed by atoms with Crippen molar-refractivity contribution >= 4 is 17.2 Å². The molecule has 0 bridgehead atoms. The molecule has 0 unspecified atom stereocenters. The van der Waals surface area contributed by atoms with Gasteiger partial charge in [-0.2, -0.15) is 11.3 Å². The molecule has 0 spiro atoms. The molecular formula is C14H22N2OS. The van der Waals surface area contributed by atoms with Crippen molar-refractivity contribution in [3.63, 3.8) is 0 Å². The summed E-state index contributed by atoms with van der Waals surface area (Å²) < 4.78 is 0. The summed E-state index contributed by atoms with van der Waals surface area (Å²) in [4.78, 5) is 14.2. The van der Waals surface area contributed by atoms with Crippen LogP contribution in [0.5, 0.6) is 0 Å². The Labute approximate surface area is 113 Å². The normalized spacial score (nSPS) is 21.9. The lowest BCUT2D eigenvalue weighted by Gasteiger charge is -2.34. The second-order valence-corrected chi connectivity index (χ2v) is 6.01. The second-order valence-electron chi connectivity index (χ2n) is 5.23. The Morgan fingerprint density at radius 3 is 3.17 bits per heavy atom. The van der Waals surface area contributed by atoms with Crippen molar-refractivity contribution in [3.8, 4) is 0 Å². The third kappa shape index (κ3) is 3.56. The van der Waals surface area contributed by atoms with Crippen LogP contribution in [0.25, 0.3) is 0 Å². The molecule has 3 nitrogen and oxygen atoms in total. The average Bonchev–Trinajstić information content (AvgIpc) is 2.89. The number of aryl methyl sites for hydroxylation is 1. The van der Waals surface area contributed by atoms with Gasteiger partial charge in [0, 0.05) is 25.6 Å². The fourth-order valence-corrected chi connectivity index (χ4v) is 3.21. The number of rotatable bonds is 4. The summed E-state index contributed by atoms with van der Waals surface area (Å²) in [5.41, 5.74) is 7.22. The molecular weight excluding hydrogens is 244 g/mol. The zero-order valence-electron chi connectivity index (χ0n) is 11.0. The molecule has 1 aromatic rings. The number of hydrogen-bond donors (Lipinski definition) is 1. The molecule has 0 saturated carbocycles. The van der Waals surface area contributed by atoms with E-state index in [-0.39, 0.29) is 11.9 Å². The van der Waals surface area contributed by atoms with E-state index in [1.165, 1.54) is 5.56 Å². The van der Waals surface area contributed by atoms with E-state index in [0.717, 1.165) is 32.4 Å². The maximum absolute atomic E-state index is 12.1. The lowest BCUT2D eigenvalue weighted by molar-refractivity contribution is -0.133. The van der Waals surface area contributed by atoms with Gasteiger partial charge >= 0.3 is 0 Å². The Hall–Kier alpha value is -0.870. The number of hydrogen-bond acceptors (Lipinski definition) is 3. The van der Waals surface area contributed by atoms with Crippen LogP contribution in [0.1, 0.15) is 31.7 Å². The molecule has 0 aliphatic carbocycles. The van der Waals surface area contributed by atoms with E-state index in [0.29, 0.717) is 12.3 Å². The van der Waals surface area contributed by atoms with Crippen molar-refractivity contribution in [2.24, 2.45) is 11.7 Å². The van der Waals surface area contributed by atoms with Crippen LogP contribution in [0.15, 0.2) is 16.8 Å². The predicted molar refractivity (Wildman–Crippen MR) is 75.6 cm³/mol. The van der Waals surface area contributed by atoms with Gasteiger partial charge in [-0.05, 0) is 54.5 Å². The van der Waals surface area contributed by atoms with E-state index >= 15 is 0 Å². The molecule has 4 heteroatoms. The molecule has 2 rings (SSSR count). The van der Waals surface area contributed by atoms with Gasteiger partial charge in [-0.25, -0.2) is 0 Å². The van der Waals surface area contributed by atoms with Gasteiger partial charge in [0.2, 0.25) is 5.91 Å². The summed E-state index contributed by atoms with van der Waals surface area (Å²) in [5.74, 6) is 0.760. The molecule has 1 amide bonds. The minimum atomic E-state index is 0.192. The lowest BCUT2D eigenvalue weighted by Crippen LogP contribution is -2.45. The van der Waals surface area contributed by atoms with E-state index < -0.39 is 0 Å². The quantitative estimate of drug-likeness (QED) is 0.908. The molecule has 1 aliphatic rings. The van der Waals surface area contributed by atoms with Crippen LogP contribution in [-0.4, -0.2) is 29.9 Å². The zero-order valence-corrected chi connectivity index (χ0v) is 11.8. The molecule has 2 heterocycles. The summed E-state index contributed by atoms with van der Waals surface area (Å²) >= 11 is 1.69. The monoisotopic (exact) mass is 266 g/mol. The van der Waals surface area contributed by atoms with E-state index in [9.17, 15) is 4.79 Å². The average molecular weight is 266 g/mol. The van der Waals surface area contributed by atoms with E-state index in [1.807, 2.05) is 11.8 Å². The van der Waals surface area contributed by atoms with Gasteiger partial charge in [-0.15, -0.1) is 0 Å². The summed E-state index contributed by atoms with van der Waals surface area (Å²) in [5, 5.41) is 4.18. The molecule has 2 N–H and O–H groups in total. The van der Waals surface area contributed by atoms with Crippen LogP contribution >= 0.6 is 11.3 Å². The van der Waals surface area contributed by atoms with Gasteiger partial charge in [0.05, 0.1) is 0 Å². The standard InChI is InChI=1S/C14H22N2OS/c1-11(15)13-3-2-7-16(9-13)14(17)5-4-12-6-8-18-10-12/h6,8,10-11,13H,2-5,7,9,15H2,1H3/t11-,13-/m0/s1. The van der Waals surface area contributed by atoms with Crippen LogP contribution in [-0.2, 0) is 11.2 Å². The summed E-state index contributed by atoms with van der Waals surface area (Å²) in [6.07, 6.45) is 3.74. The van der Waals surface area contributed by atoms with Crippen LogP contribution in [0.3, 0.4) is 0 Å². The highest BCUT2D eigenvalue weighted by Crippen LogP contribution is 2.20. The van der Waals surface area contributed by atoms with Crippen molar-refractivity contribution < 1.29 is 4.79 Å². The maximum Gasteiger partial charge on any atom is 0.222 e. The lowest BCUT2D eigenvalue weighted by atomic mass is 9.92. The van der Waals surface area contributed by atoms with Crippen LogP contribution in [0, 0.1) is 5.92 Å². The molecule has 1 saturated heterocycles. The molecule has 1 fully saturated rings. The summed E-state index contributed by atoms with van der Waals surface area (Å²) in [7, 11) is 0. The Balaban J connectivity index is 1.81. The SMILES string of the molecule is C[C@H](N)[C@H]1CCCN(C(=O)CCc2ccsc2)C1. The molecule has 18 heavy (non-hydrogen) atoms. The van der Waals surface area contributed by atoms with Gasteiger partial charge in [0.25, 0.3) is 0 Å². The number of likely N-dealkylation sites (tertiary alicyclic amines) is 1. The molecule has 0 radical (unpaired) electrons. The number of thiophene rings is 1. The second kappa shape index (κ2) is 6.34. The first-order valence-electron chi connectivity index (χ1n) is 6.71. The van der Waals surface area contributed by atoms with Crippen molar-refractivity contribution in [1.29, 1.82) is 0 Å². The summed E-state index contributed by atoms with van der Waals surface area (Å²) in [6, 6.07) is 2.29. The van der Waals surface area contributed by atoms with Gasteiger partial charge in [0.15, 0.2) is 0 Å². The minimum Gasteiger partial charge on any atom is -0.342 e. The first-order valence-corrected chi connectivity index (χ1v) is 7.65. The number of carbonyl (C=O) groups is 1. The van der Waals surface area contributed by atoms with Gasteiger partial charge in [-0.1, -0.05) is 0 Å². The fourth-order valence-electron chi connectivity index (χ4n) is 2.51. The first-order chi connectivity index (χ1) is 8.66. The predicted octanol–water partition coefficient (Wildman–Crippen LogP) is 2.27. The maximum atomic E-state index is 12.1. The van der Waals surface area contributed by atoms with Crippen LogP contribution < -0.4 is 5.73 Å². The van der Waals surface area contributed by atoms with Gasteiger partial charge in [-0.3, -0.25) is 4.79 Å². The van der Waals surface area contributed by atoms with Crippen LogP contribution in [0.4, 0.5) is 0 Å². The van der Waals surface area contributed by atoms with Crippen molar-refractivity contribution in [2.75, 3.05) is 13.1 Å². The highest BCUT2D eigenvalue weighted by molar-refractivity contribution is 7.07. The summed E-state index contributed by atoms with van der Waals surface area (Å²) in [6.45, 7) is 3.80. The molecule has 0 aromatic carbocycles. The minimum absolute atomic E-state index is 0.192. The number of nitrogens with zero attached hydrogens (tertiary/aromatic N) is 1. The van der Waals surface area contributed by atoms with Crippen molar-refractivity contribution in [3.05, 3.63) is 22.4 Å². The van der Waals surface area contributed by atoms with Crippen molar-refractivity contribution in [1.82, 2.24) is 4.90 Å². The Bertz CT molecular complexity index is 375. The zero-order chi connectivity index (χ0) is 13.0. The van der Waals surface area contributed by atoms with E-state index in [1.54, 1.807) is 11.3 Å². The Morgan fingerprint density at radius 1 is 1.67 bits per heavy atom. The molecule has 1 aromatic heterocycles.